The molecule has 1 atom stereocenters. The molecule has 0 fully saturated rings. The van der Waals surface area contributed by atoms with Gasteiger partial charge in [-0.2, -0.15) is 0 Å². The molecule has 1 aromatic carbocycles. The summed E-state index contributed by atoms with van der Waals surface area (Å²) in [6.45, 7) is 4.09. The molecular weight excluding hydrogens is 472 g/mol. The van der Waals surface area contributed by atoms with Crippen LogP contribution in [0.3, 0.4) is 0 Å². The predicted octanol–water partition coefficient (Wildman–Crippen LogP) is 5.85. The van der Waals surface area contributed by atoms with Crippen molar-refractivity contribution >= 4 is 23.2 Å². The zero-order chi connectivity index (χ0) is 25.8. The summed E-state index contributed by atoms with van der Waals surface area (Å²) >= 11 is 1.75. The monoisotopic (exact) mass is 514 g/mol. The lowest BCUT2D eigenvalue weighted by Crippen LogP contribution is -2.47. The molecule has 36 heavy (non-hydrogen) atoms. The first kappa shape index (κ1) is 28.2. The number of rotatable bonds is 15. The molecule has 6 nitrogen and oxygen atoms in total. The molecule has 1 unspecified atom stereocenters. The second-order valence-electron chi connectivity index (χ2n) is 9.49. The van der Waals surface area contributed by atoms with Gasteiger partial charge in [0.15, 0.2) is 0 Å². The van der Waals surface area contributed by atoms with Crippen LogP contribution in [0.4, 0.5) is 0 Å². The Balaban J connectivity index is 1.70. The first-order chi connectivity index (χ1) is 17.6. The van der Waals surface area contributed by atoms with Crippen LogP contribution in [0, 0.1) is 0 Å². The van der Waals surface area contributed by atoms with E-state index in [4.69, 9.17) is 9.47 Å². The summed E-state index contributed by atoms with van der Waals surface area (Å²) < 4.78 is 10.5. The van der Waals surface area contributed by atoms with E-state index >= 15 is 0 Å². The minimum atomic E-state index is -0.145. The van der Waals surface area contributed by atoms with Gasteiger partial charge in [0.25, 0.3) is 0 Å². The minimum absolute atomic E-state index is 0.00128. The number of ether oxygens (including phenoxy) is 2. The van der Waals surface area contributed by atoms with Gasteiger partial charge in [-0.25, -0.2) is 0 Å². The van der Waals surface area contributed by atoms with Gasteiger partial charge >= 0.3 is 0 Å². The Morgan fingerprint density at radius 2 is 1.78 bits per heavy atom. The summed E-state index contributed by atoms with van der Waals surface area (Å²) in [7, 11) is 3.32. The van der Waals surface area contributed by atoms with Crippen LogP contribution in [0.25, 0.3) is 0 Å². The summed E-state index contributed by atoms with van der Waals surface area (Å²) in [5.74, 6) is 0.869. The highest BCUT2D eigenvalue weighted by Gasteiger charge is 2.33. The van der Waals surface area contributed by atoms with Crippen molar-refractivity contribution in [1.82, 2.24) is 9.80 Å². The van der Waals surface area contributed by atoms with Crippen LogP contribution in [0.1, 0.15) is 80.3 Å². The molecule has 0 spiro atoms. The molecule has 0 saturated carbocycles. The Hall–Kier alpha value is -2.38. The van der Waals surface area contributed by atoms with Gasteiger partial charge < -0.3 is 19.3 Å². The summed E-state index contributed by atoms with van der Waals surface area (Å²) in [4.78, 5) is 31.9. The van der Waals surface area contributed by atoms with E-state index in [0.717, 1.165) is 37.0 Å². The van der Waals surface area contributed by atoms with E-state index in [2.05, 4.69) is 18.4 Å². The number of hydrogen-bond donors (Lipinski definition) is 0. The van der Waals surface area contributed by atoms with Crippen molar-refractivity contribution in [3.8, 4) is 5.75 Å². The van der Waals surface area contributed by atoms with Crippen molar-refractivity contribution in [2.24, 2.45) is 0 Å². The van der Waals surface area contributed by atoms with Crippen molar-refractivity contribution in [2.75, 3.05) is 40.5 Å². The van der Waals surface area contributed by atoms with Crippen LogP contribution in [0.2, 0.25) is 0 Å². The van der Waals surface area contributed by atoms with Gasteiger partial charge in [-0.3, -0.25) is 9.59 Å². The molecule has 1 aromatic heterocycles. The predicted molar refractivity (Wildman–Crippen MR) is 146 cm³/mol. The third-order valence-corrected chi connectivity index (χ3v) is 7.91. The van der Waals surface area contributed by atoms with Gasteiger partial charge in [0.2, 0.25) is 11.8 Å². The molecule has 0 saturated heterocycles. The van der Waals surface area contributed by atoms with Crippen molar-refractivity contribution in [2.45, 2.75) is 70.8 Å². The van der Waals surface area contributed by atoms with Gasteiger partial charge in [0.05, 0.1) is 19.7 Å². The second kappa shape index (κ2) is 15.0. The molecule has 0 aliphatic carbocycles. The molecule has 0 N–H and O–H groups in total. The number of methoxy groups -OCH3 is 2. The minimum Gasteiger partial charge on any atom is -0.497 e. The van der Waals surface area contributed by atoms with Gasteiger partial charge in [-0.05, 0) is 54.0 Å². The molecular formula is C29H42N2O4S. The second-order valence-corrected chi connectivity index (χ2v) is 10.5. The number of thiophene rings is 1. The van der Waals surface area contributed by atoms with E-state index in [1.54, 1.807) is 30.5 Å². The Bertz CT molecular complexity index is 943. The number of hydrogen-bond acceptors (Lipinski definition) is 5. The molecule has 2 amide bonds. The average Bonchev–Trinajstić information content (AvgIpc) is 3.38. The molecule has 0 radical (unpaired) electrons. The van der Waals surface area contributed by atoms with Crippen LogP contribution in [0.15, 0.2) is 35.7 Å². The largest absolute Gasteiger partial charge is 0.497 e. The van der Waals surface area contributed by atoms with Crippen molar-refractivity contribution < 1.29 is 19.1 Å². The maximum Gasteiger partial charge on any atom is 0.242 e. The summed E-state index contributed by atoms with van der Waals surface area (Å²) in [6.07, 6.45) is 8.90. The van der Waals surface area contributed by atoms with Crippen LogP contribution < -0.4 is 4.74 Å². The summed E-state index contributed by atoms with van der Waals surface area (Å²) in [6, 6.07) is 9.95. The van der Waals surface area contributed by atoms with Crippen LogP contribution in [0.5, 0.6) is 5.75 Å². The van der Waals surface area contributed by atoms with E-state index in [1.807, 2.05) is 29.2 Å². The number of amides is 2. The van der Waals surface area contributed by atoms with Crippen molar-refractivity contribution in [3.05, 3.63) is 51.7 Å². The molecule has 1 aliphatic rings. The van der Waals surface area contributed by atoms with Gasteiger partial charge in [0, 0.05) is 38.1 Å². The van der Waals surface area contributed by atoms with Crippen molar-refractivity contribution in [3.63, 3.8) is 0 Å². The third-order valence-electron chi connectivity index (χ3n) is 6.92. The van der Waals surface area contributed by atoms with Gasteiger partial charge in [-0.15, -0.1) is 11.3 Å². The normalized spacial score (nSPS) is 15.0. The van der Waals surface area contributed by atoms with Crippen LogP contribution in [-0.4, -0.2) is 62.1 Å². The fourth-order valence-electron chi connectivity index (χ4n) is 4.89. The lowest BCUT2D eigenvalue weighted by molar-refractivity contribution is -0.142. The Morgan fingerprint density at radius 1 is 1.03 bits per heavy atom. The zero-order valence-corrected chi connectivity index (χ0v) is 23.0. The van der Waals surface area contributed by atoms with Crippen LogP contribution in [-0.2, 0) is 20.7 Å². The topological polar surface area (TPSA) is 59.1 Å². The summed E-state index contributed by atoms with van der Waals surface area (Å²) in [5.41, 5.74) is 2.25. The van der Waals surface area contributed by atoms with Crippen molar-refractivity contribution in [1.29, 1.82) is 0 Å². The highest BCUT2D eigenvalue weighted by molar-refractivity contribution is 7.10. The molecule has 198 valence electrons. The highest BCUT2D eigenvalue weighted by atomic mass is 32.1. The average molecular weight is 515 g/mol. The first-order valence-electron chi connectivity index (χ1n) is 13.3. The fourth-order valence-corrected chi connectivity index (χ4v) is 5.79. The smallest absolute Gasteiger partial charge is 0.242 e. The Kier molecular flexibility index (Phi) is 11.8. The third kappa shape index (κ3) is 7.81. The number of carbonyl (C=O) groups excluding carboxylic acids is 2. The van der Waals surface area contributed by atoms with E-state index in [0.29, 0.717) is 26.1 Å². The quantitative estimate of drug-likeness (QED) is 0.280. The lowest BCUT2D eigenvalue weighted by Gasteiger charge is -2.37. The standard InChI is InChI=1S/C29H42N2O4S/c1-4-5-6-7-8-9-11-27(32)30(18-10-20-34-2)22-28(33)31-19-16-26-25(17-21-36-26)29(31)23-12-14-24(35-3)15-13-23/h12-15,17,21,29H,4-11,16,18-20,22H2,1-3H3. The van der Waals surface area contributed by atoms with E-state index in [9.17, 15) is 9.59 Å². The number of carbonyl (C=O) groups is 2. The van der Waals surface area contributed by atoms with E-state index in [1.165, 1.54) is 36.1 Å². The molecule has 2 aromatic rings. The lowest BCUT2D eigenvalue weighted by atomic mass is 9.93. The Labute approximate surface area is 220 Å². The maximum atomic E-state index is 13.7. The first-order valence-corrected chi connectivity index (χ1v) is 14.2. The van der Waals surface area contributed by atoms with Gasteiger partial charge in [0.1, 0.15) is 5.75 Å². The number of nitrogens with zero attached hydrogens (tertiary/aromatic N) is 2. The number of benzene rings is 1. The van der Waals surface area contributed by atoms with Gasteiger partial charge in [-0.1, -0.05) is 51.2 Å². The molecule has 2 heterocycles. The molecule has 3 rings (SSSR count). The Morgan fingerprint density at radius 3 is 2.50 bits per heavy atom. The summed E-state index contributed by atoms with van der Waals surface area (Å²) in [5, 5.41) is 2.11. The molecule has 0 bridgehead atoms. The highest BCUT2D eigenvalue weighted by Crippen LogP contribution is 2.38. The molecule has 7 heteroatoms. The fraction of sp³-hybridized carbons (Fsp3) is 0.586. The molecule has 1 aliphatic heterocycles. The number of unbranched alkanes of at least 4 members (excludes halogenated alkanes) is 5. The zero-order valence-electron chi connectivity index (χ0n) is 22.2. The van der Waals surface area contributed by atoms with Crippen LogP contribution >= 0.6 is 11.3 Å². The SMILES string of the molecule is CCCCCCCCC(=O)N(CCCOC)CC(=O)N1CCc2sccc2C1c1ccc(OC)cc1. The maximum absolute atomic E-state index is 13.7. The number of fused-ring (bicyclic) bond motifs is 1. The van der Waals surface area contributed by atoms with E-state index < -0.39 is 0 Å². The van der Waals surface area contributed by atoms with E-state index in [-0.39, 0.29) is 24.4 Å².